The van der Waals surface area contributed by atoms with Crippen molar-refractivity contribution >= 4 is 34.2 Å². The van der Waals surface area contributed by atoms with Gasteiger partial charge < -0.3 is 14.5 Å². The van der Waals surface area contributed by atoms with E-state index >= 15 is 0 Å². The third kappa shape index (κ3) is 4.36. The maximum atomic E-state index is 12.5. The highest BCUT2D eigenvalue weighted by atomic mass is 35.5. The summed E-state index contributed by atoms with van der Waals surface area (Å²) in [6.07, 6.45) is 0.213. The van der Waals surface area contributed by atoms with Crippen molar-refractivity contribution in [2.75, 3.05) is 12.4 Å². The standard InChI is InChI=1S/C24H18ClNO4/c1-29-19-9-4-16(5-10-19)22-14-21(27)20-11-8-18(13-23(20)30-22)26-24(28)12-15-2-6-17(25)7-3-15/h2-11,13-14H,12H2,1H3,(H,26,28). The molecule has 0 aliphatic rings. The summed E-state index contributed by atoms with van der Waals surface area (Å²) in [6, 6.07) is 20.8. The molecule has 3 aromatic carbocycles. The molecule has 0 fully saturated rings. The highest BCUT2D eigenvalue weighted by molar-refractivity contribution is 6.30. The fourth-order valence-electron chi connectivity index (χ4n) is 3.12. The molecule has 30 heavy (non-hydrogen) atoms. The largest absolute Gasteiger partial charge is 0.497 e. The van der Waals surface area contributed by atoms with E-state index in [9.17, 15) is 9.59 Å². The van der Waals surface area contributed by atoms with Gasteiger partial charge in [-0.1, -0.05) is 23.7 Å². The minimum atomic E-state index is -0.176. The molecule has 5 nitrogen and oxygen atoms in total. The predicted octanol–water partition coefficient (Wildman–Crippen LogP) is 5.30. The lowest BCUT2D eigenvalue weighted by molar-refractivity contribution is -0.115. The van der Waals surface area contributed by atoms with Crippen LogP contribution in [-0.2, 0) is 11.2 Å². The monoisotopic (exact) mass is 419 g/mol. The molecule has 1 N–H and O–H groups in total. The topological polar surface area (TPSA) is 68.5 Å². The molecule has 0 aliphatic heterocycles. The highest BCUT2D eigenvalue weighted by Crippen LogP contribution is 2.26. The third-order valence-corrected chi connectivity index (χ3v) is 4.92. The van der Waals surface area contributed by atoms with Crippen molar-refractivity contribution in [3.8, 4) is 17.1 Å². The fourth-order valence-corrected chi connectivity index (χ4v) is 3.25. The predicted molar refractivity (Wildman–Crippen MR) is 118 cm³/mol. The average molecular weight is 420 g/mol. The second-order valence-electron chi connectivity index (χ2n) is 6.77. The minimum Gasteiger partial charge on any atom is -0.497 e. The molecule has 4 rings (SSSR count). The Balaban J connectivity index is 1.59. The van der Waals surface area contributed by atoms with Gasteiger partial charge in [0.15, 0.2) is 5.43 Å². The number of methoxy groups -OCH3 is 1. The molecule has 1 amide bonds. The van der Waals surface area contributed by atoms with Crippen LogP contribution in [0.15, 0.2) is 82.0 Å². The molecule has 1 heterocycles. The molecule has 1 aromatic heterocycles. The van der Waals surface area contributed by atoms with Crippen molar-refractivity contribution in [1.29, 1.82) is 0 Å². The van der Waals surface area contributed by atoms with Crippen LogP contribution in [0.1, 0.15) is 5.56 Å². The van der Waals surface area contributed by atoms with Gasteiger partial charge >= 0.3 is 0 Å². The molecule has 0 unspecified atom stereocenters. The van der Waals surface area contributed by atoms with Crippen LogP contribution in [0.2, 0.25) is 5.02 Å². The van der Waals surface area contributed by atoms with Gasteiger partial charge in [-0.2, -0.15) is 0 Å². The number of halogens is 1. The van der Waals surface area contributed by atoms with Crippen LogP contribution in [0.4, 0.5) is 5.69 Å². The van der Waals surface area contributed by atoms with Crippen LogP contribution in [0.5, 0.6) is 5.75 Å². The summed E-state index contributed by atoms with van der Waals surface area (Å²) >= 11 is 5.88. The number of benzene rings is 3. The zero-order valence-electron chi connectivity index (χ0n) is 16.1. The average Bonchev–Trinajstić information content (AvgIpc) is 2.75. The minimum absolute atomic E-state index is 0.152. The molecule has 0 bridgehead atoms. The number of carbonyl (C=O) groups is 1. The van der Waals surface area contributed by atoms with Gasteiger partial charge in [-0.15, -0.1) is 0 Å². The summed E-state index contributed by atoms with van der Waals surface area (Å²) < 4.78 is 11.1. The summed E-state index contributed by atoms with van der Waals surface area (Å²) in [7, 11) is 1.59. The first-order valence-corrected chi connectivity index (χ1v) is 9.66. The van der Waals surface area contributed by atoms with Crippen molar-refractivity contribution in [2.24, 2.45) is 0 Å². The van der Waals surface area contributed by atoms with E-state index in [-0.39, 0.29) is 17.8 Å². The summed E-state index contributed by atoms with van der Waals surface area (Å²) in [5, 5.41) is 3.91. The number of fused-ring (bicyclic) bond motifs is 1. The number of hydrogen-bond acceptors (Lipinski definition) is 4. The van der Waals surface area contributed by atoms with E-state index in [1.165, 1.54) is 6.07 Å². The van der Waals surface area contributed by atoms with Crippen molar-refractivity contribution in [3.05, 3.63) is 93.6 Å². The number of amides is 1. The molecule has 0 radical (unpaired) electrons. The zero-order valence-corrected chi connectivity index (χ0v) is 16.9. The molecule has 150 valence electrons. The maximum absolute atomic E-state index is 12.5. The molecule has 4 aromatic rings. The van der Waals surface area contributed by atoms with Gasteiger partial charge in [-0.3, -0.25) is 9.59 Å². The van der Waals surface area contributed by atoms with E-state index < -0.39 is 0 Å². The molecular weight excluding hydrogens is 402 g/mol. The van der Waals surface area contributed by atoms with E-state index in [0.29, 0.717) is 33.2 Å². The molecule has 0 spiro atoms. The number of nitrogens with one attached hydrogen (secondary N) is 1. The van der Waals surface area contributed by atoms with E-state index in [0.717, 1.165) is 11.1 Å². The smallest absolute Gasteiger partial charge is 0.228 e. The quantitative estimate of drug-likeness (QED) is 0.476. The van der Waals surface area contributed by atoms with Crippen LogP contribution < -0.4 is 15.5 Å². The van der Waals surface area contributed by atoms with Crippen LogP contribution in [0.25, 0.3) is 22.3 Å². The van der Waals surface area contributed by atoms with E-state index in [1.807, 2.05) is 24.3 Å². The number of rotatable bonds is 5. The Labute approximate surface area is 177 Å². The highest BCUT2D eigenvalue weighted by Gasteiger charge is 2.10. The van der Waals surface area contributed by atoms with Crippen molar-refractivity contribution in [1.82, 2.24) is 0 Å². The lowest BCUT2D eigenvalue weighted by atomic mass is 10.1. The van der Waals surface area contributed by atoms with Crippen molar-refractivity contribution in [3.63, 3.8) is 0 Å². The van der Waals surface area contributed by atoms with Crippen molar-refractivity contribution < 1.29 is 13.9 Å². The van der Waals surface area contributed by atoms with Gasteiger partial charge in [-0.05, 0) is 54.1 Å². The molecule has 0 aliphatic carbocycles. The molecule has 0 saturated heterocycles. The van der Waals surface area contributed by atoms with Crippen LogP contribution in [0.3, 0.4) is 0 Å². The maximum Gasteiger partial charge on any atom is 0.228 e. The number of anilines is 1. The second-order valence-corrected chi connectivity index (χ2v) is 7.20. The van der Waals surface area contributed by atoms with Crippen LogP contribution >= 0.6 is 11.6 Å². The SMILES string of the molecule is COc1ccc(-c2cc(=O)c3ccc(NC(=O)Cc4ccc(Cl)cc4)cc3o2)cc1. The summed E-state index contributed by atoms with van der Waals surface area (Å²) in [5.74, 6) is 0.984. The first-order chi connectivity index (χ1) is 14.5. The van der Waals surface area contributed by atoms with E-state index in [1.54, 1.807) is 49.6 Å². The number of hydrogen-bond donors (Lipinski definition) is 1. The lowest BCUT2D eigenvalue weighted by Crippen LogP contribution is -2.14. The van der Waals surface area contributed by atoms with Crippen LogP contribution in [-0.4, -0.2) is 13.0 Å². The molecule has 0 atom stereocenters. The van der Waals surface area contributed by atoms with Gasteiger partial charge in [0.1, 0.15) is 17.1 Å². The first kappa shape index (κ1) is 19.7. The first-order valence-electron chi connectivity index (χ1n) is 9.28. The Morgan fingerprint density at radius 2 is 1.73 bits per heavy atom. The fraction of sp³-hybridized carbons (Fsp3) is 0.0833. The van der Waals surface area contributed by atoms with Crippen molar-refractivity contribution in [2.45, 2.75) is 6.42 Å². The normalized spacial score (nSPS) is 10.7. The van der Waals surface area contributed by atoms with Crippen LogP contribution in [0, 0.1) is 0 Å². The summed E-state index contributed by atoms with van der Waals surface area (Å²) in [6.45, 7) is 0. The van der Waals surface area contributed by atoms with E-state index in [4.69, 9.17) is 20.8 Å². The second kappa shape index (κ2) is 8.43. The Morgan fingerprint density at radius 1 is 1.00 bits per heavy atom. The number of carbonyl (C=O) groups excluding carboxylic acids is 1. The lowest BCUT2D eigenvalue weighted by Gasteiger charge is -2.08. The summed E-state index contributed by atoms with van der Waals surface area (Å²) in [5.41, 5.74) is 2.41. The van der Waals surface area contributed by atoms with Gasteiger partial charge in [-0.25, -0.2) is 0 Å². The Hall–Kier alpha value is -3.57. The zero-order chi connectivity index (χ0) is 21.1. The van der Waals surface area contributed by atoms with E-state index in [2.05, 4.69) is 5.32 Å². The third-order valence-electron chi connectivity index (χ3n) is 4.67. The Morgan fingerprint density at radius 3 is 2.43 bits per heavy atom. The Kier molecular flexibility index (Phi) is 5.55. The Bertz CT molecular complexity index is 1260. The summed E-state index contributed by atoms with van der Waals surface area (Å²) in [4.78, 5) is 24.9. The van der Waals surface area contributed by atoms with Gasteiger partial charge in [0.05, 0.1) is 18.9 Å². The van der Waals surface area contributed by atoms with Gasteiger partial charge in [0.25, 0.3) is 0 Å². The van der Waals surface area contributed by atoms with Gasteiger partial charge in [0.2, 0.25) is 5.91 Å². The molecule has 6 heteroatoms. The van der Waals surface area contributed by atoms with Gasteiger partial charge in [0, 0.05) is 28.4 Å². The number of ether oxygens (including phenoxy) is 1. The molecule has 0 saturated carbocycles. The molecular formula is C24H18ClNO4.